The summed E-state index contributed by atoms with van der Waals surface area (Å²) in [6, 6.07) is 21.3. The fourth-order valence-corrected chi connectivity index (χ4v) is 2.47. The Morgan fingerprint density at radius 3 is 2.19 bits per heavy atom. The van der Waals surface area contributed by atoms with Crippen molar-refractivity contribution >= 4 is 17.4 Å². The minimum Gasteiger partial charge on any atom is -0.493 e. The maximum Gasteiger partial charge on any atom is 0.323 e. The van der Waals surface area contributed by atoms with Crippen LogP contribution in [-0.4, -0.2) is 20.3 Å². The zero-order chi connectivity index (χ0) is 19.1. The molecule has 0 spiro atoms. The van der Waals surface area contributed by atoms with E-state index in [9.17, 15) is 4.79 Å². The van der Waals surface area contributed by atoms with Crippen molar-refractivity contribution in [2.75, 3.05) is 24.9 Å². The van der Waals surface area contributed by atoms with E-state index in [1.807, 2.05) is 42.5 Å². The van der Waals surface area contributed by atoms with Gasteiger partial charge in [0.2, 0.25) is 0 Å². The van der Waals surface area contributed by atoms with Crippen LogP contribution in [0.3, 0.4) is 0 Å². The van der Waals surface area contributed by atoms with Gasteiger partial charge in [-0.1, -0.05) is 30.3 Å². The quantitative estimate of drug-likeness (QED) is 0.635. The zero-order valence-electron chi connectivity index (χ0n) is 15.1. The van der Waals surface area contributed by atoms with Crippen LogP contribution < -0.4 is 24.8 Å². The number of anilines is 2. The normalized spacial score (nSPS) is 10.0. The number of ether oxygens (including phenoxy) is 3. The van der Waals surface area contributed by atoms with E-state index in [1.54, 1.807) is 44.6 Å². The van der Waals surface area contributed by atoms with Crippen molar-refractivity contribution in [3.05, 3.63) is 72.8 Å². The summed E-state index contributed by atoms with van der Waals surface area (Å²) < 4.78 is 16.3. The van der Waals surface area contributed by atoms with Crippen molar-refractivity contribution in [2.24, 2.45) is 0 Å². The maximum atomic E-state index is 12.4. The van der Waals surface area contributed by atoms with Crippen LogP contribution in [0.15, 0.2) is 72.8 Å². The van der Waals surface area contributed by atoms with Crippen LogP contribution in [0.2, 0.25) is 0 Å². The number of carbonyl (C=O) groups excluding carboxylic acids is 1. The number of methoxy groups -OCH3 is 2. The Morgan fingerprint density at radius 2 is 1.44 bits per heavy atom. The van der Waals surface area contributed by atoms with E-state index in [4.69, 9.17) is 14.2 Å². The number of amides is 2. The minimum absolute atomic E-state index is 0.397. The topological polar surface area (TPSA) is 68.8 Å². The Bertz CT molecular complexity index is 913. The largest absolute Gasteiger partial charge is 0.493 e. The van der Waals surface area contributed by atoms with E-state index >= 15 is 0 Å². The molecule has 6 heteroatoms. The van der Waals surface area contributed by atoms with Gasteiger partial charge in [0.1, 0.15) is 5.75 Å². The highest BCUT2D eigenvalue weighted by Gasteiger charge is 2.10. The van der Waals surface area contributed by atoms with Gasteiger partial charge in [-0.05, 0) is 36.4 Å². The number of carbonyl (C=O) groups is 1. The third kappa shape index (κ3) is 4.70. The first kappa shape index (κ1) is 18.1. The molecule has 0 unspecified atom stereocenters. The molecule has 138 valence electrons. The van der Waals surface area contributed by atoms with E-state index in [1.165, 1.54) is 0 Å². The van der Waals surface area contributed by atoms with E-state index in [-0.39, 0.29) is 0 Å². The smallest absolute Gasteiger partial charge is 0.323 e. The van der Waals surface area contributed by atoms with E-state index in [0.717, 1.165) is 0 Å². The summed E-state index contributed by atoms with van der Waals surface area (Å²) in [6.45, 7) is 0. The number of urea groups is 1. The molecule has 6 nitrogen and oxygen atoms in total. The molecule has 0 fully saturated rings. The molecule has 0 aromatic heterocycles. The van der Waals surface area contributed by atoms with Crippen LogP contribution in [-0.2, 0) is 0 Å². The average molecular weight is 364 g/mol. The van der Waals surface area contributed by atoms with Crippen LogP contribution in [0.25, 0.3) is 0 Å². The molecule has 3 aromatic carbocycles. The molecule has 0 aliphatic rings. The first-order valence-corrected chi connectivity index (χ1v) is 8.31. The van der Waals surface area contributed by atoms with Gasteiger partial charge >= 0.3 is 6.03 Å². The van der Waals surface area contributed by atoms with Crippen molar-refractivity contribution in [1.82, 2.24) is 0 Å². The first-order chi connectivity index (χ1) is 13.2. The summed E-state index contributed by atoms with van der Waals surface area (Å²) in [7, 11) is 3.10. The Morgan fingerprint density at radius 1 is 0.741 bits per heavy atom. The highest BCUT2D eigenvalue weighted by molar-refractivity contribution is 6.00. The van der Waals surface area contributed by atoms with Crippen LogP contribution in [0.5, 0.6) is 23.0 Å². The molecule has 0 saturated carbocycles. The Hall–Kier alpha value is -3.67. The van der Waals surface area contributed by atoms with Crippen LogP contribution in [0, 0.1) is 0 Å². The summed E-state index contributed by atoms with van der Waals surface area (Å²) in [5.74, 6) is 2.35. The van der Waals surface area contributed by atoms with Crippen molar-refractivity contribution < 1.29 is 19.0 Å². The second-order valence-corrected chi connectivity index (χ2v) is 5.56. The molecule has 27 heavy (non-hydrogen) atoms. The third-order valence-corrected chi connectivity index (χ3v) is 3.75. The molecular formula is C21H20N2O4. The SMILES string of the molecule is COc1ccc(NC(=O)Nc2ccccc2Oc2ccccc2)cc1OC. The van der Waals surface area contributed by atoms with Gasteiger partial charge in [-0.15, -0.1) is 0 Å². The van der Waals surface area contributed by atoms with Gasteiger partial charge in [0.15, 0.2) is 17.2 Å². The maximum absolute atomic E-state index is 12.4. The zero-order valence-corrected chi connectivity index (χ0v) is 15.1. The minimum atomic E-state index is -0.397. The van der Waals surface area contributed by atoms with E-state index in [2.05, 4.69) is 10.6 Å². The Labute approximate surface area is 157 Å². The first-order valence-electron chi connectivity index (χ1n) is 8.31. The van der Waals surface area contributed by atoms with Gasteiger partial charge in [-0.25, -0.2) is 4.79 Å². The van der Waals surface area contributed by atoms with Crippen molar-refractivity contribution in [3.8, 4) is 23.0 Å². The number of hydrogen-bond acceptors (Lipinski definition) is 4. The summed E-state index contributed by atoms with van der Waals surface area (Å²) >= 11 is 0. The van der Waals surface area contributed by atoms with Gasteiger partial charge in [0.25, 0.3) is 0 Å². The number of rotatable bonds is 6. The standard InChI is InChI=1S/C21H20N2O4/c1-25-19-13-12-15(14-20(19)26-2)22-21(24)23-17-10-6-7-11-18(17)27-16-8-4-3-5-9-16/h3-14H,1-2H3,(H2,22,23,24). The van der Waals surface area contributed by atoms with Crippen molar-refractivity contribution in [2.45, 2.75) is 0 Å². The lowest BCUT2D eigenvalue weighted by Gasteiger charge is -2.14. The Kier molecular flexibility index (Phi) is 5.79. The number of hydrogen-bond donors (Lipinski definition) is 2. The molecule has 0 heterocycles. The summed E-state index contributed by atoms with van der Waals surface area (Å²) in [6.07, 6.45) is 0. The predicted octanol–water partition coefficient (Wildman–Crippen LogP) is 5.14. The third-order valence-electron chi connectivity index (χ3n) is 3.75. The molecule has 0 radical (unpaired) electrons. The lowest BCUT2D eigenvalue weighted by Crippen LogP contribution is -2.19. The number of nitrogens with one attached hydrogen (secondary N) is 2. The molecule has 0 aliphatic carbocycles. The molecule has 2 N–H and O–H groups in total. The molecule has 3 rings (SSSR count). The molecule has 0 atom stereocenters. The fraction of sp³-hybridized carbons (Fsp3) is 0.0952. The van der Waals surface area contributed by atoms with E-state index in [0.29, 0.717) is 34.4 Å². The second-order valence-electron chi connectivity index (χ2n) is 5.56. The highest BCUT2D eigenvalue weighted by atomic mass is 16.5. The molecule has 3 aromatic rings. The lowest BCUT2D eigenvalue weighted by atomic mass is 10.2. The van der Waals surface area contributed by atoms with Crippen LogP contribution in [0.4, 0.5) is 16.2 Å². The van der Waals surface area contributed by atoms with Gasteiger partial charge in [0.05, 0.1) is 19.9 Å². The van der Waals surface area contributed by atoms with Crippen molar-refractivity contribution in [3.63, 3.8) is 0 Å². The Balaban J connectivity index is 1.71. The molecular weight excluding hydrogens is 344 g/mol. The summed E-state index contributed by atoms with van der Waals surface area (Å²) in [5, 5.41) is 5.56. The second kappa shape index (κ2) is 8.62. The monoisotopic (exact) mass is 364 g/mol. The predicted molar refractivity (Wildman–Crippen MR) is 105 cm³/mol. The molecule has 2 amide bonds. The lowest BCUT2D eigenvalue weighted by molar-refractivity contribution is 0.262. The van der Waals surface area contributed by atoms with Gasteiger partial charge in [-0.2, -0.15) is 0 Å². The van der Waals surface area contributed by atoms with Gasteiger partial charge in [-0.3, -0.25) is 0 Å². The number of para-hydroxylation sites is 3. The highest BCUT2D eigenvalue weighted by Crippen LogP contribution is 2.31. The average Bonchev–Trinajstić information content (AvgIpc) is 2.70. The summed E-state index contributed by atoms with van der Waals surface area (Å²) in [4.78, 5) is 12.4. The summed E-state index contributed by atoms with van der Waals surface area (Å²) in [5.41, 5.74) is 1.13. The number of benzene rings is 3. The fourth-order valence-electron chi connectivity index (χ4n) is 2.47. The van der Waals surface area contributed by atoms with E-state index < -0.39 is 6.03 Å². The molecule has 0 aliphatic heterocycles. The van der Waals surface area contributed by atoms with Crippen LogP contribution >= 0.6 is 0 Å². The van der Waals surface area contributed by atoms with Gasteiger partial charge < -0.3 is 24.8 Å². The molecule has 0 bridgehead atoms. The van der Waals surface area contributed by atoms with Crippen LogP contribution in [0.1, 0.15) is 0 Å². The molecule has 0 saturated heterocycles. The van der Waals surface area contributed by atoms with Crippen molar-refractivity contribution in [1.29, 1.82) is 0 Å². The van der Waals surface area contributed by atoms with Gasteiger partial charge in [0, 0.05) is 11.8 Å².